The van der Waals surface area contributed by atoms with Gasteiger partial charge in [0.1, 0.15) is 12.7 Å². The third-order valence-electron chi connectivity index (χ3n) is 4.54. The molecule has 0 atom stereocenters. The van der Waals surface area contributed by atoms with Gasteiger partial charge < -0.3 is 4.90 Å². The summed E-state index contributed by atoms with van der Waals surface area (Å²) in [5, 5.41) is 7.68. The number of hydrogen-bond donors (Lipinski definition) is 0. The Labute approximate surface area is 140 Å². The van der Waals surface area contributed by atoms with E-state index in [-0.39, 0.29) is 5.91 Å². The highest BCUT2D eigenvalue weighted by atomic mass is 16.2. The topological polar surface area (TPSA) is 51.0 Å². The van der Waals surface area contributed by atoms with Crippen molar-refractivity contribution in [2.45, 2.75) is 12.8 Å². The van der Waals surface area contributed by atoms with Crippen LogP contribution in [-0.4, -0.2) is 38.7 Å². The summed E-state index contributed by atoms with van der Waals surface area (Å²) in [5.41, 5.74) is 4.19. The molecule has 24 heavy (non-hydrogen) atoms. The highest BCUT2D eigenvalue weighted by Crippen LogP contribution is 2.20. The van der Waals surface area contributed by atoms with Gasteiger partial charge in [0.15, 0.2) is 0 Å². The first-order chi connectivity index (χ1) is 11.8. The van der Waals surface area contributed by atoms with E-state index in [2.05, 4.69) is 34.5 Å². The van der Waals surface area contributed by atoms with Crippen molar-refractivity contribution >= 4 is 5.91 Å². The van der Waals surface area contributed by atoms with Crippen LogP contribution in [0.25, 0.3) is 5.69 Å². The highest BCUT2D eigenvalue weighted by molar-refractivity contribution is 5.97. The summed E-state index contributed by atoms with van der Waals surface area (Å²) in [7, 11) is 0. The standard InChI is InChI=1S/C19H18N4O/c24-19(17-7-3-4-8-18(17)23-13-20-21-14-23)22-11-9-15-5-1-2-6-16(15)10-12-22/h1-8,13-14H,9-12H2. The molecule has 5 nitrogen and oxygen atoms in total. The maximum Gasteiger partial charge on any atom is 0.256 e. The number of carbonyl (C=O) groups excluding carboxylic acids is 1. The molecule has 0 fully saturated rings. The highest BCUT2D eigenvalue weighted by Gasteiger charge is 2.22. The van der Waals surface area contributed by atoms with Crippen LogP contribution in [0.3, 0.4) is 0 Å². The Morgan fingerprint density at radius 1 is 0.833 bits per heavy atom. The quantitative estimate of drug-likeness (QED) is 0.729. The van der Waals surface area contributed by atoms with E-state index in [0.29, 0.717) is 5.56 Å². The predicted octanol–water partition coefficient (Wildman–Crippen LogP) is 2.51. The molecular weight excluding hydrogens is 300 g/mol. The third-order valence-corrected chi connectivity index (χ3v) is 4.54. The summed E-state index contributed by atoms with van der Waals surface area (Å²) in [6.45, 7) is 1.48. The lowest BCUT2D eigenvalue weighted by molar-refractivity contribution is 0.0763. The summed E-state index contributed by atoms with van der Waals surface area (Å²) in [6, 6.07) is 16.1. The number of nitrogens with zero attached hydrogens (tertiary/aromatic N) is 4. The van der Waals surface area contributed by atoms with E-state index in [1.165, 1.54) is 11.1 Å². The van der Waals surface area contributed by atoms with E-state index in [1.807, 2.05) is 29.2 Å². The first-order valence-electron chi connectivity index (χ1n) is 8.13. The maximum absolute atomic E-state index is 13.1. The van der Waals surface area contributed by atoms with E-state index in [1.54, 1.807) is 17.2 Å². The first kappa shape index (κ1) is 14.6. The maximum atomic E-state index is 13.1. The van der Waals surface area contributed by atoms with Gasteiger partial charge in [0, 0.05) is 13.1 Å². The molecular formula is C19H18N4O. The van der Waals surface area contributed by atoms with E-state index < -0.39 is 0 Å². The van der Waals surface area contributed by atoms with Crippen LogP contribution in [0.2, 0.25) is 0 Å². The molecule has 0 saturated heterocycles. The van der Waals surface area contributed by atoms with E-state index in [0.717, 1.165) is 31.6 Å². The molecule has 0 radical (unpaired) electrons. The number of hydrogen-bond acceptors (Lipinski definition) is 3. The zero-order chi connectivity index (χ0) is 16.4. The minimum Gasteiger partial charge on any atom is -0.338 e. The van der Waals surface area contributed by atoms with Gasteiger partial charge in [-0.15, -0.1) is 10.2 Å². The molecule has 0 spiro atoms. The van der Waals surface area contributed by atoms with Crippen LogP contribution in [0.4, 0.5) is 0 Å². The number of rotatable bonds is 2. The number of aromatic nitrogens is 3. The van der Waals surface area contributed by atoms with Crippen LogP contribution in [0.1, 0.15) is 21.5 Å². The lowest BCUT2D eigenvalue weighted by Crippen LogP contribution is -2.33. The van der Waals surface area contributed by atoms with Crippen LogP contribution in [0.5, 0.6) is 0 Å². The van der Waals surface area contributed by atoms with E-state index >= 15 is 0 Å². The lowest BCUT2D eigenvalue weighted by atomic mass is 10.0. The van der Waals surface area contributed by atoms with Gasteiger partial charge in [-0.1, -0.05) is 36.4 Å². The molecule has 3 aromatic rings. The molecule has 0 bridgehead atoms. The van der Waals surface area contributed by atoms with Gasteiger partial charge >= 0.3 is 0 Å². The summed E-state index contributed by atoms with van der Waals surface area (Å²) in [4.78, 5) is 15.0. The second-order valence-electron chi connectivity index (χ2n) is 5.95. The minimum atomic E-state index is 0.0621. The fourth-order valence-electron chi connectivity index (χ4n) is 3.25. The Kier molecular flexibility index (Phi) is 3.83. The average molecular weight is 318 g/mol. The zero-order valence-corrected chi connectivity index (χ0v) is 13.3. The van der Waals surface area contributed by atoms with Crippen LogP contribution in [0.15, 0.2) is 61.2 Å². The molecule has 0 aliphatic carbocycles. The molecule has 1 aliphatic heterocycles. The summed E-state index contributed by atoms with van der Waals surface area (Å²) in [5.74, 6) is 0.0621. The van der Waals surface area contributed by atoms with Crippen molar-refractivity contribution in [1.82, 2.24) is 19.7 Å². The molecule has 1 aromatic heterocycles. The van der Waals surface area contributed by atoms with Crippen molar-refractivity contribution in [3.63, 3.8) is 0 Å². The molecule has 4 rings (SSSR count). The van der Waals surface area contributed by atoms with Crippen molar-refractivity contribution in [2.24, 2.45) is 0 Å². The number of carbonyl (C=O) groups is 1. The second kappa shape index (κ2) is 6.28. The Balaban J connectivity index is 1.62. The summed E-state index contributed by atoms with van der Waals surface area (Å²) in [6.07, 6.45) is 5.03. The normalized spacial score (nSPS) is 14.1. The number of benzene rings is 2. The van der Waals surface area contributed by atoms with Crippen molar-refractivity contribution in [3.05, 3.63) is 77.9 Å². The molecule has 2 heterocycles. The fraction of sp³-hybridized carbons (Fsp3) is 0.211. The van der Waals surface area contributed by atoms with Gasteiger partial charge in [0.2, 0.25) is 0 Å². The second-order valence-corrected chi connectivity index (χ2v) is 5.95. The van der Waals surface area contributed by atoms with E-state index in [4.69, 9.17) is 0 Å². The Morgan fingerprint density at radius 3 is 2.08 bits per heavy atom. The minimum absolute atomic E-state index is 0.0621. The Morgan fingerprint density at radius 2 is 1.42 bits per heavy atom. The Bertz CT molecular complexity index is 830. The van der Waals surface area contributed by atoms with Crippen molar-refractivity contribution in [2.75, 3.05) is 13.1 Å². The predicted molar refractivity (Wildman–Crippen MR) is 91.1 cm³/mol. The zero-order valence-electron chi connectivity index (χ0n) is 13.3. The molecule has 120 valence electrons. The van der Waals surface area contributed by atoms with E-state index in [9.17, 15) is 4.79 Å². The van der Waals surface area contributed by atoms with Crippen LogP contribution in [0, 0.1) is 0 Å². The van der Waals surface area contributed by atoms with Gasteiger partial charge in [-0.2, -0.15) is 0 Å². The van der Waals surface area contributed by atoms with Crippen molar-refractivity contribution < 1.29 is 4.79 Å². The van der Waals surface area contributed by atoms with Gasteiger partial charge in [-0.25, -0.2) is 0 Å². The molecule has 0 unspecified atom stereocenters. The van der Waals surface area contributed by atoms with Crippen molar-refractivity contribution in [1.29, 1.82) is 0 Å². The van der Waals surface area contributed by atoms with Crippen molar-refractivity contribution in [3.8, 4) is 5.69 Å². The third kappa shape index (κ3) is 2.69. The van der Waals surface area contributed by atoms with Gasteiger partial charge in [-0.05, 0) is 36.1 Å². The van der Waals surface area contributed by atoms with Crippen LogP contribution in [-0.2, 0) is 12.8 Å². The van der Waals surface area contributed by atoms with Gasteiger partial charge in [-0.3, -0.25) is 9.36 Å². The number of para-hydroxylation sites is 1. The number of fused-ring (bicyclic) bond motifs is 1. The average Bonchev–Trinajstić information content (AvgIpc) is 3.08. The largest absolute Gasteiger partial charge is 0.338 e. The molecule has 1 amide bonds. The van der Waals surface area contributed by atoms with Crippen LogP contribution < -0.4 is 0 Å². The van der Waals surface area contributed by atoms with Gasteiger partial charge in [0.05, 0.1) is 11.3 Å². The SMILES string of the molecule is O=C(c1ccccc1-n1cnnc1)N1CCc2ccccc2CC1. The van der Waals surface area contributed by atoms with Crippen LogP contribution >= 0.6 is 0 Å². The fourth-order valence-corrected chi connectivity index (χ4v) is 3.25. The number of amides is 1. The smallest absolute Gasteiger partial charge is 0.256 e. The molecule has 5 heteroatoms. The first-order valence-corrected chi connectivity index (χ1v) is 8.13. The van der Waals surface area contributed by atoms with Gasteiger partial charge in [0.25, 0.3) is 5.91 Å². The summed E-state index contributed by atoms with van der Waals surface area (Å²) < 4.78 is 1.78. The molecule has 2 aromatic carbocycles. The molecule has 1 aliphatic rings. The Hall–Kier alpha value is -2.95. The monoisotopic (exact) mass is 318 g/mol. The summed E-state index contributed by atoms with van der Waals surface area (Å²) >= 11 is 0. The lowest BCUT2D eigenvalue weighted by Gasteiger charge is -2.21. The molecule has 0 saturated carbocycles. The molecule has 0 N–H and O–H groups in total.